The SMILES string of the molecule is C=C(Nc1ccccc1NCC)C(C)(C)N. The van der Waals surface area contributed by atoms with Crippen LogP contribution >= 0.6 is 0 Å². The van der Waals surface area contributed by atoms with Gasteiger partial charge in [0.1, 0.15) is 0 Å². The van der Waals surface area contributed by atoms with E-state index < -0.39 is 5.54 Å². The van der Waals surface area contributed by atoms with Crippen molar-refractivity contribution in [3.8, 4) is 0 Å². The quantitative estimate of drug-likeness (QED) is 0.713. The summed E-state index contributed by atoms with van der Waals surface area (Å²) >= 11 is 0. The maximum Gasteiger partial charge on any atom is 0.0617 e. The zero-order chi connectivity index (χ0) is 12.2. The average molecular weight is 219 g/mol. The molecule has 0 spiro atoms. The van der Waals surface area contributed by atoms with E-state index in [0.717, 1.165) is 23.6 Å². The van der Waals surface area contributed by atoms with Gasteiger partial charge in [-0.15, -0.1) is 0 Å². The lowest BCUT2D eigenvalue weighted by Crippen LogP contribution is -2.37. The van der Waals surface area contributed by atoms with Crippen molar-refractivity contribution < 1.29 is 0 Å². The maximum atomic E-state index is 5.97. The lowest BCUT2D eigenvalue weighted by molar-refractivity contribution is 0.617. The molecule has 0 atom stereocenters. The van der Waals surface area contributed by atoms with Crippen molar-refractivity contribution in [2.75, 3.05) is 17.2 Å². The third kappa shape index (κ3) is 3.28. The number of anilines is 2. The molecule has 1 aromatic carbocycles. The fraction of sp³-hybridized carbons (Fsp3) is 0.385. The summed E-state index contributed by atoms with van der Waals surface area (Å²) in [6.45, 7) is 10.8. The van der Waals surface area contributed by atoms with Crippen molar-refractivity contribution in [3.05, 3.63) is 36.5 Å². The van der Waals surface area contributed by atoms with E-state index in [1.807, 2.05) is 38.1 Å². The summed E-state index contributed by atoms with van der Waals surface area (Å²) in [5, 5.41) is 6.54. The van der Waals surface area contributed by atoms with E-state index >= 15 is 0 Å². The van der Waals surface area contributed by atoms with Gasteiger partial charge in [0, 0.05) is 17.8 Å². The van der Waals surface area contributed by atoms with Crippen molar-refractivity contribution in [1.29, 1.82) is 0 Å². The van der Waals surface area contributed by atoms with Gasteiger partial charge < -0.3 is 16.4 Å². The molecular weight excluding hydrogens is 198 g/mol. The fourth-order valence-electron chi connectivity index (χ4n) is 1.26. The molecule has 0 saturated carbocycles. The first-order chi connectivity index (χ1) is 7.45. The van der Waals surface area contributed by atoms with Crippen LogP contribution in [-0.2, 0) is 0 Å². The van der Waals surface area contributed by atoms with Crippen molar-refractivity contribution in [2.24, 2.45) is 5.73 Å². The molecule has 1 rings (SSSR count). The molecule has 0 radical (unpaired) electrons. The Bertz CT molecular complexity index is 364. The van der Waals surface area contributed by atoms with Crippen molar-refractivity contribution in [1.82, 2.24) is 0 Å². The minimum atomic E-state index is -0.431. The van der Waals surface area contributed by atoms with Crippen LogP contribution in [-0.4, -0.2) is 12.1 Å². The Hall–Kier alpha value is -1.48. The largest absolute Gasteiger partial charge is 0.384 e. The molecule has 0 heterocycles. The van der Waals surface area contributed by atoms with Crippen LogP contribution < -0.4 is 16.4 Å². The monoisotopic (exact) mass is 219 g/mol. The number of rotatable bonds is 5. The van der Waals surface area contributed by atoms with E-state index in [4.69, 9.17) is 5.73 Å². The standard InChI is InChI=1S/C13H21N3/c1-5-15-11-8-6-7-9-12(11)16-10(2)13(3,4)14/h6-9,15-16H,2,5,14H2,1,3-4H3. The molecule has 88 valence electrons. The van der Waals surface area contributed by atoms with Gasteiger partial charge in [0.2, 0.25) is 0 Å². The summed E-state index contributed by atoms with van der Waals surface area (Å²) in [6.07, 6.45) is 0. The molecular formula is C13H21N3. The fourth-order valence-corrected chi connectivity index (χ4v) is 1.26. The van der Waals surface area contributed by atoms with E-state index in [1.54, 1.807) is 0 Å². The number of nitrogens with one attached hydrogen (secondary N) is 2. The van der Waals surface area contributed by atoms with Crippen molar-refractivity contribution in [3.63, 3.8) is 0 Å². The summed E-state index contributed by atoms with van der Waals surface area (Å²) in [5.74, 6) is 0. The molecule has 0 unspecified atom stereocenters. The molecule has 4 N–H and O–H groups in total. The Morgan fingerprint density at radius 2 is 1.88 bits per heavy atom. The van der Waals surface area contributed by atoms with Crippen molar-refractivity contribution in [2.45, 2.75) is 26.3 Å². The molecule has 0 saturated heterocycles. The molecule has 0 aliphatic rings. The molecule has 0 aliphatic heterocycles. The lowest BCUT2D eigenvalue weighted by atomic mass is 10.0. The van der Waals surface area contributed by atoms with Gasteiger partial charge in [0.05, 0.1) is 11.4 Å². The molecule has 0 bridgehead atoms. The molecule has 3 nitrogen and oxygen atoms in total. The zero-order valence-corrected chi connectivity index (χ0v) is 10.3. The second-order valence-corrected chi connectivity index (χ2v) is 4.40. The summed E-state index contributed by atoms with van der Waals surface area (Å²) in [4.78, 5) is 0. The highest BCUT2D eigenvalue weighted by molar-refractivity contribution is 5.70. The predicted molar refractivity (Wildman–Crippen MR) is 71.6 cm³/mol. The van der Waals surface area contributed by atoms with E-state index in [-0.39, 0.29) is 0 Å². The third-order valence-electron chi connectivity index (χ3n) is 2.36. The first-order valence-electron chi connectivity index (χ1n) is 5.53. The number of para-hydroxylation sites is 2. The van der Waals surface area contributed by atoms with E-state index in [1.165, 1.54) is 0 Å². The minimum Gasteiger partial charge on any atom is -0.384 e. The van der Waals surface area contributed by atoms with Crippen LogP contribution in [0.4, 0.5) is 11.4 Å². The van der Waals surface area contributed by atoms with Crippen LogP contribution in [0.5, 0.6) is 0 Å². The third-order valence-corrected chi connectivity index (χ3v) is 2.36. The van der Waals surface area contributed by atoms with Gasteiger partial charge in [-0.3, -0.25) is 0 Å². The summed E-state index contributed by atoms with van der Waals surface area (Å²) < 4.78 is 0. The highest BCUT2D eigenvalue weighted by Crippen LogP contribution is 2.24. The zero-order valence-electron chi connectivity index (χ0n) is 10.3. The number of hydrogen-bond acceptors (Lipinski definition) is 3. The average Bonchev–Trinajstić information content (AvgIpc) is 2.20. The van der Waals surface area contributed by atoms with E-state index in [0.29, 0.717) is 0 Å². The van der Waals surface area contributed by atoms with Gasteiger partial charge in [-0.25, -0.2) is 0 Å². The van der Waals surface area contributed by atoms with Crippen LogP contribution in [0, 0.1) is 0 Å². The molecule has 0 amide bonds. The van der Waals surface area contributed by atoms with Crippen molar-refractivity contribution >= 4 is 11.4 Å². The molecule has 3 heteroatoms. The Morgan fingerprint density at radius 3 is 2.38 bits per heavy atom. The Kier molecular flexibility index (Phi) is 3.96. The molecule has 1 aromatic rings. The number of hydrogen-bond donors (Lipinski definition) is 3. The van der Waals surface area contributed by atoms with Gasteiger partial charge in [-0.2, -0.15) is 0 Å². The summed E-state index contributed by atoms with van der Waals surface area (Å²) in [7, 11) is 0. The Morgan fingerprint density at radius 1 is 1.31 bits per heavy atom. The van der Waals surface area contributed by atoms with Crippen LogP contribution in [0.2, 0.25) is 0 Å². The molecule has 16 heavy (non-hydrogen) atoms. The maximum absolute atomic E-state index is 5.97. The predicted octanol–water partition coefficient (Wildman–Crippen LogP) is 2.78. The molecule has 0 aliphatic carbocycles. The van der Waals surface area contributed by atoms with Gasteiger partial charge in [-0.1, -0.05) is 18.7 Å². The second-order valence-electron chi connectivity index (χ2n) is 4.40. The molecule has 0 aromatic heterocycles. The highest BCUT2D eigenvalue weighted by atomic mass is 15.0. The second kappa shape index (κ2) is 5.03. The number of nitrogens with two attached hydrogens (primary N) is 1. The summed E-state index contributed by atoms with van der Waals surface area (Å²) in [5.41, 5.74) is 8.41. The first-order valence-corrected chi connectivity index (χ1v) is 5.53. The highest BCUT2D eigenvalue weighted by Gasteiger charge is 2.16. The molecule has 0 fully saturated rings. The van der Waals surface area contributed by atoms with Gasteiger partial charge in [-0.05, 0) is 32.9 Å². The Balaban J connectivity index is 2.84. The summed E-state index contributed by atoms with van der Waals surface area (Å²) in [6, 6.07) is 8.02. The normalized spacial score (nSPS) is 11.0. The Labute approximate surface area is 97.7 Å². The minimum absolute atomic E-state index is 0.431. The lowest BCUT2D eigenvalue weighted by Gasteiger charge is -2.24. The van der Waals surface area contributed by atoms with Gasteiger partial charge in [0.15, 0.2) is 0 Å². The van der Waals surface area contributed by atoms with Crippen LogP contribution in [0.1, 0.15) is 20.8 Å². The topological polar surface area (TPSA) is 50.1 Å². The van der Waals surface area contributed by atoms with Crippen LogP contribution in [0.3, 0.4) is 0 Å². The van der Waals surface area contributed by atoms with Crippen LogP contribution in [0.25, 0.3) is 0 Å². The van der Waals surface area contributed by atoms with Gasteiger partial charge >= 0.3 is 0 Å². The smallest absolute Gasteiger partial charge is 0.0617 e. The van der Waals surface area contributed by atoms with Gasteiger partial charge in [0.25, 0.3) is 0 Å². The van der Waals surface area contributed by atoms with E-state index in [2.05, 4.69) is 24.1 Å². The van der Waals surface area contributed by atoms with E-state index in [9.17, 15) is 0 Å². The number of benzene rings is 1. The first kappa shape index (κ1) is 12.6. The van der Waals surface area contributed by atoms with Crippen LogP contribution in [0.15, 0.2) is 36.5 Å².